The van der Waals surface area contributed by atoms with Crippen LogP contribution in [-0.2, 0) is 6.54 Å². The Labute approximate surface area is 173 Å². The molecular formula is C22H23F2N3O3. The Balaban J connectivity index is 1.72. The second-order valence-corrected chi connectivity index (χ2v) is 6.91. The molecule has 0 saturated heterocycles. The minimum atomic E-state index is -2.94. The number of aromatic nitrogens is 2. The molecule has 0 spiro atoms. The van der Waals surface area contributed by atoms with E-state index >= 15 is 0 Å². The SMILES string of the molecule is COc1cc(CN(C)C(=O)c2ccc(-n3nc(C)cc3C)cc2)ccc1OC(F)F. The predicted octanol–water partition coefficient (Wildman–Crippen LogP) is 4.37. The number of ether oxygens (including phenoxy) is 2. The first kappa shape index (κ1) is 21.3. The second-order valence-electron chi connectivity index (χ2n) is 6.91. The maximum Gasteiger partial charge on any atom is 0.387 e. The van der Waals surface area contributed by atoms with Crippen LogP contribution in [0.5, 0.6) is 11.5 Å². The lowest BCUT2D eigenvalue weighted by molar-refractivity contribution is -0.0512. The fourth-order valence-electron chi connectivity index (χ4n) is 3.21. The van der Waals surface area contributed by atoms with E-state index in [4.69, 9.17) is 4.74 Å². The molecule has 0 aliphatic heterocycles. The number of amides is 1. The highest BCUT2D eigenvalue weighted by Gasteiger charge is 2.15. The molecule has 3 rings (SSSR count). The number of nitrogens with zero attached hydrogens (tertiary/aromatic N) is 3. The zero-order valence-electron chi connectivity index (χ0n) is 17.2. The number of halogens is 2. The predicted molar refractivity (Wildman–Crippen MR) is 108 cm³/mol. The molecule has 1 aromatic heterocycles. The van der Waals surface area contributed by atoms with E-state index in [1.165, 1.54) is 13.2 Å². The van der Waals surface area contributed by atoms with Crippen molar-refractivity contribution in [3.63, 3.8) is 0 Å². The lowest BCUT2D eigenvalue weighted by Crippen LogP contribution is -2.26. The van der Waals surface area contributed by atoms with Crippen LogP contribution in [0, 0.1) is 13.8 Å². The van der Waals surface area contributed by atoms with Crippen molar-refractivity contribution in [2.75, 3.05) is 14.2 Å². The molecule has 0 saturated carbocycles. The highest BCUT2D eigenvalue weighted by molar-refractivity contribution is 5.94. The lowest BCUT2D eigenvalue weighted by Gasteiger charge is -2.19. The molecule has 1 amide bonds. The summed E-state index contributed by atoms with van der Waals surface area (Å²) in [6.07, 6.45) is 0. The standard InChI is InChI=1S/C22H23F2N3O3/c1-14-11-15(2)27(25-14)18-8-6-17(7-9-18)21(28)26(3)13-16-5-10-19(30-22(23)24)20(12-16)29-4/h5-12,22H,13H2,1-4H3. The number of rotatable bonds is 7. The number of carbonyl (C=O) groups excluding carboxylic acids is 1. The van der Waals surface area contributed by atoms with Crippen LogP contribution < -0.4 is 9.47 Å². The molecular weight excluding hydrogens is 392 g/mol. The largest absolute Gasteiger partial charge is 0.493 e. The highest BCUT2D eigenvalue weighted by atomic mass is 19.3. The highest BCUT2D eigenvalue weighted by Crippen LogP contribution is 2.30. The van der Waals surface area contributed by atoms with Crippen molar-refractivity contribution < 1.29 is 23.0 Å². The van der Waals surface area contributed by atoms with Gasteiger partial charge in [0.15, 0.2) is 11.5 Å². The van der Waals surface area contributed by atoms with Crippen LogP contribution in [-0.4, -0.2) is 41.4 Å². The molecule has 0 radical (unpaired) electrons. The molecule has 6 nitrogen and oxygen atoms in total. The molecule has 30 heavy (non-hydrogen) atoms. The van der Waals surface area contributed by atoms with Crippen molar-refractivity contribution >= 4 is 5.91 Å². The van der Waals surface area contributed by atoms with Crippen LogP contribution in [0.4, 0.5) is 8.78 Å². The molecule has 0 fully saturated rings. The Kier molecular flexibility index (Phi) is 6.34. The number of methoxy groups -OCH3 is 1. The van der Waals surface area contributed by atoms with Gasteiger partial charge < -0.3 is 14.4 Å². The average Bonchev–Trinajstić information content (AvgIpc) is 3.06. The van der Waals surface area contributed by atoms with Gasteiger partial charge in [0.1, 0.15) is 0 Å². The molecule has 3 aromatic rings. The minimum absolute atomic E-state index is 0.0510. The van der Waals surface area contributed by atoms with E-state index in [1.807, 2.05) is 36.7 Å². The summed E-state index contributed by atoms with van der Waals surface area (Å²) in [5.74, 6) is -0.0327. The molecule has 2 aromatic carbocycles. The Hall–Kier alpha value is -3.42. The van der Waals surface area contributed by atoms with Gasteiger partial charge in [-0.2, -0.15) is 13.9 Å². The van der Waals surface area contributed by atoms with Crippen molar-refractivity contribution in [1.29, 1.82) is 0 Å². The van der Waals surface area contributed by atoms with Crippen LogP contribution in [0.15, 0.2) is 48.5 Å². The third-order valence-electron chi connectivity index (χ3n) is 4.58. The second kappa shape index (κ2) is 8.94. The van der Waals surface area contributed by atoms with Gasteiger partial charge in [-0.05, 0) is 61.9 Å². The topological polar surface area (TPSA) is 56.6 Å². The third kappa shape index (κ3) is 4.76. The summed E-state index contributed by atoms with van der Waals surface area (Å²) in [5.41, 5.74) is 4.07. The van der Waals surface area contributed by atoms with Gasteiger partial charge in [0.2, 0.25) is 0 Å². The van der Waals surface area contributed by atoms with Crippen molar-refractivity contribution in [3.05, 3.63) is 71.0 Å². The molecule has 0 N–H and O–H groups in total. The van der Waals surface area contributed by atoms with Gasteiger partial charge in [-0.15, -0.1) is 0 Å². The summed E-state index contributed by atoms with van der Waals surface area (Å²) in [4.78, 5) is 14.3. The number of aryl methyl sites for hydroxylation is 2. The lowest BCUT2D eigenvalue weighted by atomic mass is 10.1. The van der Waals surface area contributed by atoms with E-state index in [1.54, 1.807) is 36.2 Å². The first-order chi connectivity index (χ1) is 14.3. The molecule has 1 heterocycles. The maximum atomic E-state index is 12.8. The smallest absolute Gasteiger partial charge is 0.387 e. The zero-order valence-corrected chi connectivity index (χ0v) is 17.2. The van der Waals surface area contributed by atoms with Gasteiger partial charge in [0, 0.05) is 24.8 Å². The third-order valence-corrected chi connectivity index (χ3v) is 4.58. The number of hydrogen-bond acceptors (Lipinski definition) is 4. The van der Waals surface area contributed by atoms with Crippen LogP contribution in [0.3, 0.4) is 0 Å². The van der Waals surface area contributed by atoms with E-state index < -0.39 is 6.61 Å². The van der Waals surface area contributed by atoms with Gasteiger partial charge in [0.05, 0.1) is 18.5 Å². The number of alkyl halides is 2. The summed E-state index contributed by atoms with van der Waals surface area (Å²) in [7, 11) is 3.05. The Morgan fingerprint density at radius 2 is 1.80 bits per heavy atom. The van der Waals surface area contributed by atoms with Gasteiger partial charge in [-0.1, -0.05) is 6.07 Å². The van der Waals surface area contributed by atoms with Crippen molar-refractivity contribution in [2.45, 2.75) is 27.0 Å². The minimum Gasteiger partial charge on any atom is -0.493 e. The van der Waals surface area contributed by atoms with Crippen molar-refractivity contribution in [2.24, 2.45) is 0 Å². The van der Waals surface area contributed by atoms with Crippen LogP contribution in [0.1, 0.15) is 27.3 Å². The van der Waals surface area contributed by atoms with Crippen molar-refractivity contribution in [1.82, 2.24) is 14.7 Å². The molecule has 158 valence electrons. The summed E-state index contributed by atoms with van der Waals surface area (Å²) >= 11 is 0. The first-order valence-electron chi connectivity index (χ1n) is 9.29. The number of hydrogen-bond donors (Lipinski definition) is 0. The summed E-state index contributed by atoms with van der Waals surface area (Å²) in [6, 6.07) is 13.8. The van der Waals surface area contributed by atoms with Gasteiger partial charge in [-0.3, -0.25) is 4.79 Å². The fraction of sp³-hybridized carbons (Fsp3) is 0.273. The van der Waals surface area contributed by atoms with E-state index in [2.05, 4.69) is 9.84 Å². The Morgan fingerprint density at radius 1 is 1.10 bits per heavy atom. The number of benzene rings is 2. The zero-order chi connectivity index (χ0) is 21.8. The molecule has 0 atom stereocenters. The average molecular weight is 415 g/mol. The van der Waals surface area contributed by atoms with Crippen LogP contribution in [0.25, 0.3) is 5.69 Å². The molecule has 0 unspecified atom stereocenters. The van der Waals surface area contributed by atoms with E-state index in [0.29, 0.717) is 5.56 Å². The van der Waals surface area contributed by atoms with Gasteiger partial charge in [-0.25, -0.2) is 4.68 Å². The summed E-state index contributed by atoms with van der Waals surface area (Å²) < 4.78 is 36.3. The van der Waals surface area contributed by atoms with Crippen LogP contribution >= 0.6 is 0 Å². The monoisotopic (exact) mass is 415 g/mol. The van der Waals surface area contributed by atoms with E-state index in [0.717, 1.165) is 22.6 Å². The molecule has 8 heteroatoms. The first-order valence-corrected chi connectivity index (χ1v) is 9.29. The quantitative estimate of drug-likeness (QED) is 0.575. The maximum absolute atomic E-state index is 12.8. The Morgan fingerprint density at radius 3 is 2.37 bits per heavy atom. The van der Waals surface area contributed by atoms with E-state index in [9.17, 15) is 13.6 Å². The summed E-state index contributed by atoms with van der Waals surface area (Å²) in [5, 5.41) is 4.44. The van der Waals surface area contributed by atoms with E-state index in [-0.39, 0.29) is 24.0 Å². The molecule has 0 aliphatic carbocycles. The van der Waals surface area contributed by atoms with Crippen molar-refractivity contribution in [3.8, 4) is 17.2 Å². The number of carbonyl (C=O) groups is 1. The van der Waals surface area contributed by atoms with Crippen LogP contribution in [0.2, 0.25) is 0 Å². The normalized spacial score (nSPS) is 10.9. The van der Waals surface area contributed by atoms with Gasteiger partial charge >= 0.3 is 6.61 Å². The fourth-order valence-corrected chi connectivity index (χ4v) is 3.21. The Bertz CT molecular complexity index is 1030. The summed E-state index contributed by atoms with van der Waals surface area (Å²) in [6.45, 7) is 1.24. The molecule has 0 aliphatic rings. The molecule has 0 bridgehead atoms. The van der Waals surface area contributed by atoms with Gasteiger partial charge in [0.25, 0.3) is 5.91 Å².